The maximum Gasteiger partial charge on any atom is 0.474 e. The number of carbonyl (C=O) groups is 1. The molecule has 0 saturated carbocycles. The van der Waals surface area contributed by atoms with E-state index < -0.39 is 7.82 Å². The van der Waals surface area contributed by atoms with E-state index in [0.29, 0.717) is 6.42 Å². The summed E-state index contributed by atoms with van der Waals surface area (Å²) in [7, 11) is -1.16. The Bertz CT molecular complexity index is 347. The Morgan fingerprint density at radius 3 is 2.39 bits per heavy atom. The van der Waals surface area contributed by atoms with Crippen LogP contribution in [0.2, 0.25) is 0 Å². The normalized spacial score (nSPS) is 12.7. The Morgan fingerprint density at radius 2 is 1.89 bits per heavy atom. The minimum absolute atomic E-state index is 0.171. The molecule has 0 saturated heterocycles. The molecule has 0 fully saturated rings. The van der Waals surface area contributed by atoms with Crippen molar-refractivity contribution in [3.63, 3.8) is 0 Å². The molecule has 5 nitrogen and oxygen atoms in total. The molecule has 6 heteroatoms. The van der Waals surface area contributed by atoms with Gasteiger partial charge in [-0.15, -0.1) is 11.8 Å². The molecule has 0 spiro atoms. The van der Waals surface area contributed by atoms with Crippen LogP contribution in [0.15, 0.2) is 0 Å². The second-order valence-electron chi connectivity index (χ2n) is 3.76. The zero-order valence-electron chi connectivity index (χ0n) is 11.4. The zero-order chi connectivity index (χ0) is 14.0. The predicted molar refractivity (Wildman–Crippen MR) is 69.0 cm³/mol. The Morgan fingerprint density at radius 1 is 1.28 bits per heavy atom. The summed E-state index contributed by atoms with van der Waals surface area (Å²) >= 11 is 0. The third-order valence-electron chi connectivity index (χ3n) is 2.27. The number of carbonyl (C=O) groups excluding carboxylic acids is 1. The topological polar surface area (TPSA) is 61.8 Å². The number of phosphoric ester groups is 1. The fourth-order valence-electron chi connectivity index (χ4n) is 1.02. The van der Waals surface area contributed by atoms with Crippen molar-refractivity contribution in [3.8, 4) is 11.8 Å². The predicted octanol–water partition coefficient (Wildman–Crippen LogP) is 2.80. The molecule has 0 unspecified atom stereocenters. The molecule has 0 aromatic carbocycles. The molecule has 1 atom stereocenters. The molecule has 0 aromatic heterocycles. The first-order valence-corrected chi connectivity index (χ1v) is 7.29. The van der Waals surface area contributed by atoms with Gasteiger partial charge >= 0.3 is 7.82 Å². The second kappa shape index (κ2) is 9.29. The van der Waals surface area contributed by atoms with E-state index in [-0.39, 0.29) is 18.3 Å². The van der Waals surface area contributed by atoms with Crippen LogP contribution in [0.5, 0.6) is 0 Å². The van der Waals surface area contributed by atoms with E-state index in [9.17, 15) is 9.36 Å². The zero-order valence-corrected chi connectivity index (χ0v) is 12.3. The van der Waals surface area contributed by atoms with Crippen LogP contribution in [0.3, 0.4) is 0 Å². The van der Waals surface area contributed by atoms with Crippen LogP contribution in [0.25, 0.3) is 0 Å². The molecule has 0 N–H and O–H groups in total. The summed E-state index contributed by atoms with van der Waals surface area (Å²) in [5.74, 6) is 5.48. The lowest BCUT2D eigenvalue weighted by atomic mass is 10.0. The Balaban J connectivity index is 4.10. The molecule has 0 radical (unpaired) electrons. The average molecular weight is 276 g/mol. The molecule has 0 amide bonds. The van der Waals surface area contributed by atoms with Crippen molar-refractivity contribution in [1.82, 2.24) is 0 Å². The molecular weight excluding hydrogens is 255 g/mol. The third-order valence-corrected chi connectivity index (χ3v) is 3.61. The number of phosphoric acid groups is 1. The van der Waals surface area contributed by atoms with Gasteiger partial charge in [-0.05, 0) is 6.42 Å². The van der Waals surface area contributed by atoms with Crippen molar-refractivity contribution in [2.75, 3.05) is 20.8 Å². The lowest BCUT2D eigenvalue weighted by Crippen LogP contribution is -2.16. The second-order valence-corrected chi connectivity index (χ2v) is 5.64. The van der Waals surface area contributed by atoms with Crippen LogP contribution in [0, 0.1) is 17.8 Å². The van der Waals surface area contributed by atoms with E-state index in [2.05, 4.69) is 20.9 Å². The molecule has 0 rings (SSSR count). The van der Waals surface area contributed by atoms with Gasteiger partial charge in [-0.1, -0.05) is 13.8 Å². The standard InChI is InChI=1S/C12H21O5P/c1-5-6-7-8-9-11(2)12(13)10-17-18(14,15-3)16-4/h11H,5-6,9-10H2,1-4H3/t11-/m0/s1. The summed E-state index contributed by atoms with van der Waals surface area (Å²) in [6.45, 7) is 3.51. The quantitative estimate of drug-likeness (QED) is 0.504. The van der Waals surface area contributed by atoms with E-state index in [1.165, 1.54) is 14.2 Å². The lowest BCUT2D eigenvalue weighted by Gasteiger charge is -2.13. The van der Waals surface area contributed by atoms with E-state index in [0.717, 1.165) is 12.8 Å². The van der Waals surface area contributed by atoms with E-state index in [4.69, 9.17) is 4.52 Å². The Kier molecular flexibility index (Phi) is 8.95. The van der Waals surface area contributed by atoms with Gasteiger partial charge in [-0.3, -0.25) is 18.4 Å². The van der Waals surface area contributed by atoms with Gasteiger partial charge in [0, 0.05) is 33.0 Å². The minimum atomic E-state index is -3.57. The molecule has 0 bridgehead atoms. The number of hydrogen-bond donors (Lipinski definition) is 0. The molecule has 0 aliphatic carbocycles. The van der Waals surface area contributed by atoms with Crippen LogP contribution in [-0.4, -0.2) is 26.6 Å². The molecule has 0 aliphatic rings. The first-order chi connectivity index (χ1) is 8.49. The van der Waals surface area contributed by atoms with Gasteiger partial charge in [0.05, 0.1) is 0 Å². The highest BCUT2D eigenvalue weighted by Gasteiger charge is 2.25. The molecule has 0 aromatic rings. The van der Waals surface area contributed by atoms with Crippen LogP contribution in [-0.2, 0) is 22.9 Å². The largest absolute Gasteiger partial charge is 0.474 e. The summed E-state index contributed by atoms with van der Waals surface area (Å²) in [6, 6.07) is 0. The van der Waals surface area contributed by atoms with Gasteiger partial charge in [0.1, 0.15) is 6.61 Å². The van der Waals surface area contributed by atoms with Gasteiger partial charge in [-0.25, -0.2) is 4.57 Å². The third kappa shape index (κ3) is 6.93. The SMILES string of the molecule is CCCC#CC[C@H](C)C(=O)COP(=O)(OC)OC. The van der Waals surface area contributed by atoms with Crippen LogP contribution in [0.1, 0.15) is 33.1 Å². The summed E-state index contributed by atoms with van der Waals surface area (Å²) in [4.78, 5) is 11.7. The smallest absolute Gasteiger partial charge is 0.297 e. The lowest BCUT2D eigenvalue weighted by molar-refractivity contribution is -0.124. The van der Waals surface area contributed by atoms with Gasteiger partial charge < -0.3 is 0 Å². The van der Waals surface area contributed by atoms with E-state index in [1.807, 2.05) is 6.92 Å². The monoisotopic (exact) mass is 276 g/mol. The van der Waals surface area contributed by atoms with Gasteiger partial charge in [0.15, 0.2) is 5.78 Å². The van der Waals surface area contributed by atoms with E-state index >= 15 is 0 Å². The highest BCUT2D eigenvalue weighted by atomic mass is 31.2. The van der Waals surface area contributed by atoms with Crippen molar-refractivity contribution in [2.24, 2.45) is 5.92 Å². The highest BCUT2D eigenvalue weighted by molar-refractivity contribution is 7.48. The molecule has 0 heterocycles. The summed E-state index contributed by atoms with van der Waals surface area (Å²) < 4.78 is 25.5. The van der Waals surface area contributed by atoms with Gasteiger partial charge in [0.25, 0.3) is 0 Å². The number of Topliss-reactive ketones (excluding diaryl/α,β-unsaturated/α-hetero) is 1. The Hall–Kier alpha value is -0.660. The average Bonchev–Trinajstić information content (AvgIpc) is 2.40. The number of rotatable bonds is 8. The van der Waals surface area contributed by atoms with Crippen LogP contribution < -0.4 is 0 Å². The number of ketones is 1. The molecule has 0 aliphatic heterocycles. The van der Waals surface area contributed by atoms with E-state index in [1.54, 1.807) is 6.92 Å². The van der Waals surface area contributed by atoms with Crippen molar-refractivity contribution >= 4 is 13.6 Å². The summed E-state index contributed by atoms with van der Waals surface area (Å²) in [5, 5.41) is 0. The van der Waals surface area contributed by atoms with Crippen molar-refractivity contribution in [2.45, 2.75) is 33.1 Å². The minimum Gasteiger partial charge on any atom is -0.297 e. The fourth-order valence-corrected chi connectivity index (χ4v) is 1.66. The summed E-state index contributed by atoms with van der Waals surface area (Å²) in [5.41, 5.74) is 0. The summed E-state index contributed by atoms with van der Waals surface area (Å²) in [6.07, 6.45) is 2.32. The Labute approximate surface area is 109 Å². The highest BCUT2D eigenvalue weighted by Crippen LogP contribution is 2.47. The van der Waals surface area contributed by atoms with Crippen LogP contribution >= 0.6 is 7.82 Å². The van der Waals surface area contributed by atoms with Crippen molar-refractivity contribution < 1.29 is 22.9 Å². The maximum atomic E-state index is 11.7. The molecule has 18 heavy (non-hydrogen) atoms. The van der Waals surface area contributed by atoms with Crippen molar-refractivity contribution in [1.29, 1.82) is 0 Å². The first kappa shape index (κ1) is 17.3. The van der Waals surface area contributed by atoms with Gasteiger partial charge in [0.2, 0.25) is 0 Å². The van der Waals surface area contributed by atoms with Crippen molar-refractivity contribution in [3.05, 3.63) is 0 Å². The molecular formula is C12H21O5P. The first-order valence-electron chi connectivity index (χ1n) is 5.83. The van der Waals surface area contributed by atoms with Gasteiger partial charge in [-0.2, -0.15) is 0 Å². The number of unbranched alkanes of at least 4 members (excludes halogenated alkanes) is 1. The molecule has 104 valence electrons. The fraction of sp³-hybridized carbons (Fsp3) is 0.750. The van der Waals surface area contributed by atoms with Crippen LogP contribution in [0.4, 0.5) is 0 Å². The maximum absolute atomic E-state index is 11.7. The number of hydrogen-bond acceptors (Lipinski definition) is 5.